The first-order valence-electron chi connectivity index (χ1n) is 12.1. The van der Waals surface area contributed by atoms with Crippen LogP contribution in [0.5, 0.6) is 0 Å². The lowest BCUT2D eigenvalue weighted by Crippen LogP contribution is -2.57. The summed E-state index contributed by atoms with van der Waals surface area (Å²) in [6, 6.07) is 2.63. The summed E-state index contributed by atoms with van der Waals surface area (Å²) in [5.41, 5.74) is 1.00. The van der Waals surface area contributed by atoms with Crippen LogP contribution in [-0.4, -0.2) is 68.7 Å². The number of carbonyl (C=O) groups excluding carboxylic acids is 3. The SMILES string of the molecule is CCOC(=O)CC1C(=O)NCCN1c1nc2ccc(C)cn2c(=O)c1/C=C1\SC(=S)N(CC(C)C)C1=O. The van der Waals surface area contributed by atoms with Gasteiger partial charge in [0.15, 0.2) is 0 Å². The van der Waals surface area contributed by atoms with Crippen molar-refractivity contribution in [3.63, 3.8) is 0 Å². The molecule has 0 bridgehead atoms. The number of pyridine rings is 1. The van der Waals surface area contributed by atoms with Crippen LogP contribution >= 0.6 is 24.0 Å². The molecule has 2 saturated heterocycles. The molecule has 1 N–H and O–H groups in total. The summed E-state index contributed by atoms with van der Waals surface area (Å²) >= 11 is 6.57. The molecule has 10 nitrogen and oxygen atoms in total. The molecule has 1 unspecified atom stereocenters. The van der Waals surface area contributed by atoms with Crippen LogP contribution in [0.4, 0.5) is 5.82 Å². The van der Waals surface area contributed by atoms with Crippen LogP contribution in [0.25, 0.3) is 11.7 Å². The highest BCUT2D eigenvalue weighted by Gasteiger charge is 2.37. The highest BCUT2D eigenvalue weighted by Crippen LogP contribution is 2.34. The second-order valence-electron chi connectivity index (χ2n) is 9.28. The number of fused-ring (bicyclic) bond motifs is 1. The van der Waals surface area contributed by atoms with Crippen molar-refractivity contribution in [2.75, 3.05) is 31.1 Å². The monoisotopic (exact) mass is 543 g/mol. The van der Waals surface area contributed by atoms with Gasteiger partial charge in [-0.2, -0.15) is 0 Å². The highest BCUT2D eigenvalue weighted by atomic mass is 32.2. The van der Waals surface area contributed by atoms with E-state index in [4.69, 9.17) is 21.9 Å². The molecule has 2 aromatic rings. The Labute approximate surface area is 224 Å². The average molecular weight is 544 g/mol. The van der Waals surface area contributed by atoms with E-state index in [1.807, 2.05) is 26.8 Å². The zero-order valence-corrected chi connectivity index (χ0v) is 22.8. The summed E-state index contributed by atoms with van der Waals surface area (Å²) in [5, 5.41) is 2.77. The molecule has 2 amide bonds. The van der Waals surface area contributed by atoms with Gasteiger partial charge in [-0.1, -0.05) is 43.9 Å². The smallest absolute Gasteiger partial charge is 0.308 e. The fraction of sp³-hybridized carbons (Fsp3) is 0.440. The summed E-state index contributed by atoms with van der Waals surface area (Å²) in [5.74, 6) is -0.725. The van der Waals surface area contributed by atoms with Gasteiger partial charge in [-0.05, 0) is 37.5 Å². The molecule has 12 heteroatoms. The molecular weight excluding hydrogens is 514 g/mol. The predicted octanol–water partition coefficient (Wildman–Crippen LogP) is 2.12. The Morgan fingerprint density at radius 1 is 1.32 bits per heavy atom. The highest BCUT2D eigenvalue weighted by molar-refractivity contribution is 8.26. The number of thiocarbonyl (C=S) groups is 1. The largest absolute Gasteiger partial charge is 0.466 e. The maximum Gasteiger partial charge on any atom is 0.308 e. The van der Waals surface area contributed by atoms with Crippen LogP contribution in [0.15, 0.2) is 28.0 Å². The number of anilines is 1. The average Bonchev–Trinajstić information content (AvgIpc) is 3.09. The number of esters is 1. The van der Waals surface area contributed by atoms with Crippen molar-refractivity contribution in [2.45, 2.75) is 40.2 Å². The van der Waals surface area contributed by atoms with E-state index in [0.717, 1.165) is 17.3 Å². The molecule has 2 fully saturated rings. The molecule has 37 heavy (non-hydrogen) atoms. The molecule has 0 spiro atoms. The Morgan fingerprint density at radius 2 is 2.08 bits per heavy atom. The lowest BCUT2D eigenvalue weighted by molar-refractivity contribution is -0.145. The van der Waals surface area contributed by atoms with Gasteiger partial charge in [0.1, 0.15) is 21.8 Å². The molecule has 4 rings (SSSR count). The van der Waals surface area contributed by atoms with Gasteiger partial charge in [0.05, 0.1) is 23.5 Å². The van der Waals surface area contributed by atoms with E-state index < -0.39 is 17.6 Å². The minimum Gasteiger partial charge on any atom is -0.466 e. The molecule has 2 aliphatic rings. The number of thioether (sulfide) groups is 1. The summed E-state index contributed by atoms with van der Waals surface area (Å²) in [6.45, 7) is 8.82. The molecule has 0 aliphatic carbocycles. The standard InChI is InChI=1S/C25H29N5O5S2/c1-5-35-20(31)11-17-22(32)26-8-9-28(17)21-16(23(33)29-13-15(4)6-7-19(29)27-21)10-18-24(34)30(12-14(2)3)25(36)37-18/h6-7,10,13-14,17H,5,8-9,11-12H2,1-4H3,(H,26,32)/b18-10-. The molecule has 4 heterocycles. The predicted molar refractivity (Wildman–Crippen MR) is 146 cm³/mol. The number of nitrogens with zero attached hydrogens (tertiary/aromatic N) is 4. The number of amides is 2. The third kappa shape index (κ3) is 5.54. The van der Waals surface area contributed by atoms with E-state index in [1.165, 1.54) is 15.4 Å². The molecule has 1 atom stereocenters. The number of hydrogen-bond acceptors (Lipinski definition) is 9. The van der Waals surface area contributed by atoms with E-state index in [2.05, 4.69) is 5.32 Å². The minimum absolute atomic E-state index is 0.150. The van der Waals surface area contributed by atoms with Gasteiger partial charge in [-0.25, -0.2) is 4.98 Å². The van der Waals surface area contributed by atoms with Crippen LogP contribution < -0.4 is 15.8 Å². The zero-order valence-electron chi connectivity index (χ0n) is 21.1. The van der Waals surface area contributed by atoms with Crippen molar-refractivity contribution in [3.05, 3.63) is 44.7 Å². The summed E-state index contributed by atoms with van der Waals surface area (Å²) in [7, 11) is 0. The van der Waals surface area contributed by atoms with Gasteiger partial charge in [-0.3, -0.25) is 28.5 Å². The van der Waals surface area contributed by atoms with Crippen LogP contribution in [0.1, 0.15) is 38.3 Å². The molecule has 0 radical (unpaired) electrons. The van der Waals surface area contributed by atoms with Crippen molar-refractivity contribution < 1.29 is 19.1 Å². The van der Waals surface area contributed by atoms with Crippen molar-refractivity contribution in [3.8, 4) is 0 Å². The number of ether oxygens (including phenoxy) is 1. The maximum absolute atomic E-state index is 13.8. The van der Waals surface area contributed by atoms with E-state index in [9.17, 15) is 19.2 Å². The fourth-order valence-electron chi connectivity index (χ4n) is 4.29. The normalized spacial score (nSPS) is 19.3. The second-order valence-corrected chi connectivity index (χ2v) is 11.0. The van der Waals surface area contributed by atoms with Gasteiger partial charge < -0.3 is 15.0 Å². The number of nitrogens with one attached hydrogen (secondary N) is 1. The molecule has 196 valence electrons. The van der Waals surface area contributed by atoms with Gasteiger partial charge in [0, 0.05) is 25.8 Å². The van der Waals surface area contributed by atoms with Crippen molar-refractivity contribution in [1.29, 1.82) is 0 Å². The summed E-state index contributed by atoms with van der Waals surface area (Å²) < 4.78 is 6.93. The molecular formula is C25H29N5O5S2. The zero-order chi connectivity index (χ0) is 26.9. The number of aromatic nitrogens is 2. The fourth-order valence-corrected chi connectivity index (χ4v) is 5.55. The maximum atomic E-state index is 13.8. The number of rotatable bonds is 7. The van der Waals surface area contributed by atoms with E-state index >= 15 is 0 Å². The molecule has 0 saturated carbocycles. The Balaban J connectivity index is 1.87. The molecule has 0 aromatic carbocycles. The quantitative estimate of drug-likeness (QED) is 0.319. The van der Waals surface area contributed by atoms with Gasteiger partial charge in [-0.15, -0.1) is 0 Å². The van der Waals surface area contributed by atoms with Crippen LogP contribution in [0, 0.1) is 12.8 Å². The first kappa shape index (κ1) is 26.8. The van der Waals surface area contributed by atoms with Gasteiger partial charge in [0.25, 0.3) is 11.5 Å². The lowest BCUT2D eigenvalue weighted by atomic mass is 10.1. The van der Waals surface area contributed by atoms with Gasteiger partial charge in [0.2, 0.25) is 5.91 Å². The summed E-state index contributed by atoms with van der Waals surface area (Å²) in [6.07, 6.45) is 2.98. The Hall–Kier alpha value is -3.25. The van der Waals surface area contributed by atoms with Crippen LogP contribution in [0.3, 0.4) is 0 Å². The van der Waals surface area contributed by atoms with Crippen molar-refractivity contribution >= 4 is 63.6 Å². The topological polar surface area (TPSA) is 113 Å². The summed E-state index contributed by atoms with van der Waals surface area (Å²) in [4.78, 5) is 60.4. The van der Waals surface area contributed by atoms with Crippen LogP contribution in [-0.2, 0) is 19.1 Å². The Bertz CT molecular complexity index is 1370. The van der Waals surface area contributed by atoms with E-state index in [1.54, 1.807) is 24.1 Å². The first-order valence-corrected chi connectivity index (χ1v) is 13.3. The minimum atomic E-state index is -0.921. The molecule has 2 aliphatic heterocycles. The van der Waals surface area contributed by atoms with E-state index in [0.29, 0.717) is 34.5 Å². The first-order chi connectivity index (χ1) is 17.6. The second kappa shape index (κ2) is 11.0. The lowest BCUT2D eigenvalue weighted by Gasteiger charge is -2.36. The number of carbonyl (C=O) groups is 3. The van der Waals surface area contributed by atoms with Crippen molar-refractivity contribution in [1.82, 2.24) is 19.6 Å². The van der Waals surface area contributed by atoms with Crippen LogP contribution in [0.2, 0.25) is 0 Å². The Morgan fingerprint density at radius 3 is 2.78 bits per heavy atom. The third-order valence-corrected chi connectivity index (χ3v) is 7.33. The van der Waals surface area contributed by atoms with Crippen molar-refractivity contribution in [2.24, 2.45) is 5.92 Å². The molecule has 2 aromatic heterocycles. The number of hydrogen-bond donors (Lipinski definition) is 1. The van der Waals surface area contributed by atoms with E-state index in [-0.39, 0.29) is 42.1 Å². The number of aryl methyl sites for hydroxylation is 1. The Kier molecular flexibility index (Phi) is 7.98. The number of piperazine rings is 1. The van der Waals surface area contributed by atoms with Gasteiger partial charge >= 0.3 is 5.97 Å². The third-order valence-electron chi connectivity index (χ3n) is 5.95.